The maximum absolute atomic E-state index is 13.1. The first-order chi connectivity index (χ1) is 13.9. The van der Waals surface area contributed by atoms with Crippen molar-refractivity contribution >= 4 is 17.5 Å². The molecule has 0 saturated carbocycles. The Balaban J connectivity index is 1.73. The summed E-state index contributed by atoms with van der Waals surface area (Å²) in [6.45, 7) is 2.55. The highest BCUT2D eigenvalue weighted by molar-refractivity contribution is 6.33. The second-order valence-corrected chi connectivity index (χ2v) is 7.49. The van der Waals surface area contributed by atoms with Crippen molar-refractivity contribution in [1.29, 1.82) is 0 Å². The predicted molar refractivity (Wildman–Crippen MR) is 113 cm³/mol. The molecule has 0 aliphatic heterocycles. The Morgan fingerprint density at radius 2 is 1.83 bits per heavy atom. The summed E-state index contributed by atoms with van der Waals surface area (Å²) in [6.07, 6.45) is 0. The Kier molecular flexibility index (Phi) is 6.67. The molecule has 1 amide bonds. The highest BCUT2D eigenvalue weighted by Crippen LogP contribution is 2.22. The van der Waals surface area contributed by atoms with Gasteiger partial charge in [0.1, 0.15) is 11.0 Å². The minimum absolute atomic E-state index is 0.0356. The van der Waals surface area contributed by atoms with E-state index in [0.717, 1.165) is 11.1 Å². The van der Waals surface area contributed by atoms with E-state index in [2.05, 4.69) is 15.3 Å². The molecule has 3 rings (SSSR count). The van der Waals surface area contributed by atoms with Gasteiger partial charge in [0.2, 0.25) is 0 Å². The summed E-state index contributed by atoms with van der Waals surface area (Å²) in [4.78, 5) is 14.9. The summed E-state index contributed by atoms with van der Waals surface area (Å²) in [5, 5.41) is 7.64. The van der Waals surface area contributed by atoms with E-state index in [-0.39, 0.29) is 22.9 Å². The van der Waals surface area contributed by atoms with Crippen molar-refractivity contribution in [3.8, 4) is 0 Å². The molecule has 1 heterocycles. The molecule has 1 atom stereocenters. The lowest BCUT2D eigenvalue weighted by molar-refractivity contribution is 0.0941. The van der Waals surface area contributed by atoms with Gasteiger partial charge in [-0.3, -0.25) is 4.79 Å². The number of halogens is 2. The number of benzene rings is 2. The van der Waals surface area contributed by atoms with Crippen LogP contribution in [0.5, 0.6) is 0 Å². The molecule has 0 saturated heterocycles. The van der Waals surface area contributed by atoms with Gasteiger partial charge in [-0.05, 0) is 44.3 Å². The number of likely N-dealkylation sites (N-methyl/N-ethyl adjacent to an activating group) is 1. The first-order valence-corrected chi connectivity index (χ1v) is 9.71. The van der Waals surface area contributed by atoms with Gasteiger partial charge in [-0.1, -0.05) is 54.1 Å². The van der Waals surface area contributed by atoms with Gasteiger partial charge >= 0.3 is 0 Å². The van der Waals surface area contributed by atoms with Crippen molar-refractivity contribution in [2.24, 2.45) is 0 Å². The van der Waals surface area contributed by atoms with Crippen LogP contribution in [0.3, 0.4) is 0 Å². The van der Waals surface area contributed by atoms with Gasteiger partial charge in [0.15, 0.2) is 0 Å². The molecule has 0 fully saturated rings. The fraction of sp³-hybridized carbons (Fsp3) is 0.273. The third-order valence-electron chi connectivity index (χ3n) is 4.80. The Labute approximate surface area is 175 Å². The number of carbonyl (C=O) groups is 1. The average molecular weight is 415 g/mol. The van der Waals surface area contributed by atoms with Crippen molar-refractivity contribution in [3.63, 3.8) is 0 Å². The zero-order valence-electron chi connectivity index (χ0n) is 16.7. The minimum atomic E-state index is -0.301. The second kappa shape index (κ2) is 9.20. The summed E-state index contributed by atoms with van der Waals surface area (Å²) in [6, 6.07) is 16.2. The fourth-order valence-corrected chi connectivity index (χ4v) is 3.55. The Bertz CT molecular complexity index is 970. The summed E-state index contributed by atoms with van der Waals surface area (Å²) < 4.78 is 14.7. The normalized spacial score (nSPS) is 12.2. The molecule has 29 heavy (non-hydrogen) atoms. The highest BCUT2D eigenvalue weighted by atomic mass is 35.5. The standard InChI is InChI=1S/C22H24ClFN4O/c1-15-20(21(23)28(26-15)14-16-9-11-18(24)12-10-16)22(29)25-13-19(27(2)3)17-7-5-4-6-8-17/h4-12,19H,13-14H2,1-3H3,(H,25,29). The lowest BCUT2D eigenvalue weighted by Gasteiger charge is -2.25. The molecule has 0 spiro atoms. The van der Waals surface area contributed by atoms with Gasteiger partial charge < -0.3 is 10.2 Å². The molecule has 0 bridgehead atoms. The van der Waals surface area contributed by atoms with Crippen molar-refractivity contribution in [2.75, 3.05) is 20.6 Å². The number of aromatic nitrogens is 2. The van der Waals surface area contributed by atoms with Crippen LogP contribution in [-0.4, -0.2) is 41.2 Å². The lowest BCUT2D eigenvalue weighted by Crippen LogP contribution is -2.34. The number of nitrogens with zero attached hydrogens (tertiary/aromatic N) is 3. The number of hydrogen-bond donors (Lipinski definition) is 1. The molecule has 0 aliphatic rings. The molecule has 7 heteroatoms. The van der Waals surface area contributed by atoms with E-state index in [0.29, 0.717) is 24.3 Å². The van der Waals surface area contributed by atoms with Gasteiger partial charge in [-0.25, -0.2) is 9.07 Å². The molecule has 1 N–H and O–H groups in total. The number of rotatable bonds is 7. The van der Waals surface area contributed by atoms with Crippen LogP contribution in [0.15, 0.2) is 54.6 Å². The maximum Gasteiger partial charge on any atom is 0.256 e. The highest BCUT2D eigenvalue weighted by Gasteiger charge is 2.22. The van der Waals surface area contributed by atoms with Gasteiger partial charge in [0, 0.05) is 6.54 Å². The van der Waals surface area contributed by atoms with Crippen molar-refractivity contribution in [2.45, 2.75) is 19.5 Å². The summed E-state index contributed by atoms with van der Waals surface area (Å²) >= 11 is 6.46. The second-order valence-electron chi connectivity index (χ2n) is 7.14. The van der Waals surface area contributed by atoms with Crippen LogP contribution in [-0.2, 0) is 6.54 Å². The van der Waals surface area contributed by atoms with Crippen molar-refractivity contribution < 1.29 is 9.18 Å². The topological polar surface area (TPSA) is 50.2 Å². The van der Waals surface area contributed by atoms with E-state index in [4.69, 9.17) is 11.6 Å². The Morgan fingerprint density at radius 1 is 1.17 bits per heavy atom. The van der Waals surface area contributed by atoms with Crippen LogP contribution in [0, 0.1) is 12.7 Å². The largest absolute Gasteiger partial charge is 0.350 e. The predicted octanol–water partition coefficient (Wildman–Crippen LogP) is 4.07. The maximum atomic E-state index is 13.1. The molecular formula is C22H24ClFN4O. The zero-order chi connectivity index (χ0) is 21.0. The quantitative estimate of drug-likeness (QED) is 0.634. The van der Waals surface area contributed by atoms with Gasteiger partial charge in [0.25, 0.3) is 5.91 Å². The molecule has 5 nitrogen and oxygen atoms in total. The number of carbonyl (C=O) groups excluding carboxylic acids is 1. The van der Waals surface area contributed by atoms with Crippen molar-refractivity contribution in [3.05, 3.63) is 88.0 Å². The lowest BCUT2D eigenvalue weighted by atomic mass is 10.1. The molecule has 3 aromatic rings. The summed E-state index contributed by atoms with van der Waals surface area (Å²) in [7, 11) is 3.95. The molecule has 0 aliphatic carbocycles. The van der Waals surface area contributed by atoms with Gasteiger partial charge in [-0.2, -0.15) is 5.10 Å². The average Bonchev–Trinajstić information content (AvgIpc) is 2.97. The van der Waals surface area contributed by atoms with Crippen LogP contribution >= 0.6 is 11.6 Å². The zero-order valence-corrected chi connectivity index (χ0v) is 17.4. The third-order valence-corrected chi connectivity index (χ3v) is 5.19. The fourth-order valence-electron chi connectivity index (χ4n) is 3.23. The van der Waals surface area contributed by atoms with Crippen LogP contribution in [0.25, 0.3) is 0 Å². The number of aryl methyl sites for hydroxylation is 1. The molecule has 0 radical (unpaired) electrons. The van der Waals surface area contributed by atoms with Crippen LogP contribution in [0.4, 0.5) is 4.39 Å². The first kappa shape index (κ1) is 21.0. The monoisotopic (exact) mass is 414 g/mol. The van der Waals surface area contributed by atoms with E-state index >= 15 is 0 Å². The van der Waals surface area contributed by atoms with Crippen molar-refractivity contribution in [1.82, 2.24) is 20.0 Å². The molecule has 2 aromatic carbocycles. The van der Waals surface area contributed by atoms with E-state index in [1.54, 1.807) is 23.7 Å². The van der Waals surface area contributed by atoms with E-state index < -0.39 is 0 Å². The number of amides is 1. The SMILES string of the molecule is Cc1nn(Cc2ccc(F)cc2)c(Cl)c1C(=O)NCC(c1ccccc1)N(C)C. The molecule has 152 valence electrons. The number of nitrogens with one attached hydrogen (secondary N) is 1. The minimum Gasteiger partial charge on any atom is -0.350 e. The molecule has 1 aromatic heterocycles. The first-order valence-electron chi connectivity index (χ1n) is 9.33. The van der Waals surface area contributed by atoms with Crippen LogP contribution in [0.2, 0.25) is 5.15 Å². The van der Waals surface area contributed by atoms with Gasteiger partial charge in [0.05, 0.1) is 23.8 Å². The summed E-state index contributed by atoms with van der Waals surface area (Å²) in [5.74, 6) is -0.564. The number of hydrogen-bond acceptors (Lipinski definition) is 3. The summed E-state index contributed by atoms with van der Waals surface area (Å²) in [5.41, 5.74) is 2.88. The molecule has 1 unspecified atom stereocenters. The molecular weight excluding hydrogens is 391 g/mol. The Hall–Kier alpha value is -2.70. The Morgan fingerprint density at radius 3 is 2.45 bits per heavy atom. The van der Waals surface area contributed by atoms with Gasteiger partial charge in [-0.15, -0.1) is 0 Å². The van der Waals surface area contributed by atoms with Crippen LogP contribution < -0.4 is 5.32 Å². The third kappa shape index (κ3) is 5.02. The van der Waals surface area contributed by atoms with E-state index in [1.807, 2.05) is 44.4 Å². The van der Waals surface area contributed by atoms with Crippen LogP contribution in [0.1, 0.15) is 33.2 Å². The van der Waals surface area contributed by atoms with E-state index in [9.17, 15) is 9.18 Å². The van der Waals surface area contributed by atoms with E-state index in [1.165, 1.54) is 12.1 Å². The smallest absolute Gasteiger partial charge is 0.256 e.